The highest BCUT2D eigenvalue weighted by Crippen LogP contribution is 2.23. The Labute approximate surface area is 114 Å². The summed E-state index contributed by atoms with van der Waals surface area (Å²) in [5, 5.41) is 49.0. The van der Waals surface area contributed by atoms with E-state index >= 15 is 0 Å². The third-order valence-electron chi connectivity index (χ3n) is 2.74. The van der Waals surface area contributed by atoms with Crippen molar-refractivity contribution < 1.29 is 30.8 Å². The van der Waals surface area contributed by atoms with Crippen molar-refractivity contribution >= 4 is 23.0 Å². The third kappa shape index (κ3) is 3.87. The van der Waals surface area contributed by atoms with Crippen LogP contribution >= 0.6 is 0 Å². The Morgan fingerprint density at radius 1 is 1.25 bits per heavy atom. The van der Waals surface area contributed by atoms with Crippen LogP contribution in [0, 0.1) is 16.3 Å². The SMILES string of the molecule is CC(C)C(Nc1ccc([NH+]([O-])O)cc1[NH+]([O-])O)C(=O)O. The Balaban J connectivity index is 3.14. The molecule has 0 aromatic heterocycles. The van der Waals surface area contributed by atoms with Gasteiger partial charge in [0.2, 0.25) is 0 Å². The second kappa shape index (κ2) is 6.61. The third-order valence-corrected chi connectivity index (χ3v) is 2.74. The summed E-state index contributed by atoms with van der Waals surface area (Å²) in [5.41, 5.74) is -0.384. The largest absolute Gasteiger partial charge is 0.595 e. The van der Waals surface area contributed by atoms with Crippen LogP contribution in [0.25, 0.3) is 0 Å². The van der Waals surface area contributed by atoms with E-state index in [1.165, 1.54) is 12.1 Å². The fraction of sp³-hybridized carbons (Fsp3) is 0.364. The summed E-state index contributed by atoms with van der Waals surface area (Å²) >= 11 is 0. The molecule has 3 atom stereocenters. The first-order valence-corrected chi connectivity index (χ1v) is 5.84. The fourth-order valence-corrected chi connectivity index (χ4v) is 1.66. The first-order valence-electron chi connectivity index (χ1n) is 5.84. The van der Waals surface area contributed by atoms with Crippen LogP contribution in [0.3, 0.4) is 0 Å². The Morgan fingerprint density at radius 3 is 2.25 bits per heavy atom. The van der Waals surface area contributed by atoms with Gasteiger partial charge in [0.1, 0.15) is 11.7 Å². The molecule has 6 N–H and O–H groups in total. The molecule has 0 saturated heterocycles. The highest BCUT2D eigenvalue weighted by molar-refractivity contribution is 5.79. The van der Waals surface area contributed by atoms with E-state index in [0.717, 1.165) is 6.07 Å². The molecular formula is C11H17N3O6. The van der Waals surface area contributed by atoms with Crippen LogP contribution in [-0.4, -0.2) is 27.5 Å². The lowest BCUT2D eigenvalue weighted by molar-refractivity contribution is -0.996. The Bertz CT molecular complexity index is 477. The predicted molar refractivity (Wildman–Crippen MR) is 67.9 cm³/mol. The van der Waals surface area contributed by atoms with E-state index in [0.29, 0.717) is 0 Å². The van der Waals surface area contributed by atoms with E-state index < -0.39 is 22.5 Å². The lowest BCUT2D eigenvalue weighted by atomic mass is 10.0. The average molecular weight is 287 g/mol. The van der Waals surface area contributed by atoms with E-state index in [1.54, 1.807) is 13.8 Å². The number of nitrogens with one attached hydrogen (secondary N) is 3. The van der Waals surface area contributed by atoms with Crippen molar-refractivity contribution in [2.75, 3.05) is 5.32 Å². The first kappa shape index (κ1) is 16.3. The van der Waals surface area contributed by atoms with Gasteiger partial charge in [0.25, 0.3) is 0 Å². The molecule has 20 heavy (non-hydrogen) atoms. The molecule has 0 saturated carbocycles. The number of anilines is 1. The number of carboxylic acids is 1. The molecule has 0 aliphatic heterocycles. The summed E-state index contributed by atoms with van der Waals surface area (Å²) in [6, 6.07) is 2.50. The van der Waals surface area contributed by atoms with Crippen molar-refractivity contribution in [3.63, 3.8) is 0 Å². The van der Waals surface area contributed by atoms with Crippen molar-refractivity contribution in [1.29, 1.82) is 0 Å². The second-order valence-corrected chi connectivity index (χ2v) is 4.57. The van der Waals surface area contributed by atoms with Gasteiger partial charge in [-0.05, 0) is 12.0 Å². The smallest absolute Gasteiger partial charge is 0.326 e. The number of aliphatic carboxylic acids is 1. The molecule has 1 aromatic rings. The maximum Gasteiger partial charge on any atom is 0.326 e. The summed E-state index contributed by atoms with van der Waals surface area (Å²) in [6.45, 7) is 3.36. The summed E-state index contributed by atoms with van der Waals surface area (Å²) in [5.74, 6) is -1.38. The van der Waals surface area contributed by atoms with Crippen LogP contribution < -0.4 is 15.8 Å². The standard InChI is InChI=1S/C11H17N3O6/c1-6(2)10(11(15)16)12-8-4-3-7(13(17)18)5-9(8)14(19)20/h3-6,10,12-14,17,19H,1-2H3,(H,15,16). The van der Waals surface area contributed by atoms with Crippen LogP contribution in [0.4, 0.5) is 17.1 Å². The molecule has 112 valence electrons. The van der Waals surface area contributed by atoms with Crippen LogP contribution in [0.2, 0.25) is 0 Å². The lowest BCUT2D eigenvalue weighted by Gasteiger charge is -2.23. The number of quaternary nitrogens is 2. The van der Waals surface area contributed by atoms with Gasteiger partial charge in [-0.2, -0.15) is 10.5 Å². The minimum atomic E-state index is -1.33. The number of hydrogen-bond donors (Lipinski definition) is 6. The number of rotatable bonds is 6. The molecule has 0 amide bonds. The lowest BCUT2D eigenvalue weighted by Crippen LogP contribution is -3.00. The number of carbonyl (C=O) groups is 1. The van der Waals surface area contributed by atoms with E-state index in [9.17, 15) is 15.2 Å². The van der Waals surface area contributed by atoms with Crippen LogP contribution in [0.15, 0.2) is 18.2 Å². The van der Waals surface area contributed by atoms with Gasteiger partial charge in [-0.3, -0.25) is 0 Å². The second-order valence-electron chi connectivity index (χ2n) is 4.57. The molecule has 1 aromatic carbocycles. The first-order chi connectivity index (χ1) is 9.23. The normalized spacial score (nSPS) is 15.8. The number of carboxylic acid groups (broad SMARTS) is 1. The Morgan fingerprint density at radius 2 is 1.85 bits per heavy atom. The highest BCUT2D eigenvalue weighted by atomic mass is 16.8. The Kier molecular flexibility index (Phi) is 5.39. The monoisotopic (exact) mass is 287 g/mol. The minimum absolute atomic E-state index is 0.0728. The molecule has 9 nitrogen and oxygen atoms in total. The molecule has 0 aliphatic carbocycles. The van der Waals surface area contributed by atoms with Crippen LogP contribution in [-0.2, 0) is 4.79 Å². The number of benzene rings is 1. The topological polar surface area (TPSA) is 145 Å². The maximum atomic E-state index is 11.1. The van der Waals surface area contributed by atoms with Gasteiger partial charge in [0.05, 0.1) is 6.07 Å². The van der Waals surface area contributed by atoms with Crippen molar-refractivity contribution in [3.05, 3.63) is 28.6 Å². The quantitative estimate of drug-likeness (QED) is 0.369. The van der Waals surface area contributed by atoms with E-state index in [1.807, 2.05) is 0 Å². The molecular weight excluding hydrogens is 270 g/mol. The summed E-state index contributed by atoms with van der Waals surface area (Å²) in [6.07, 6.45) is 0. The number of hydrogen-bond acceptors (Lipinski definition) is 6. The van der Waals surface area contributed by atoms with Gasteiger partial charge in [-0.15, -0.1) is 0 Å². The van der Waals surface area contributed by atoms with E-state index in [-0.39, 0.29) is 23.0 Å². The van der Waals surface area contributed by atoms with Crippen LogP contribution in [0.5, 0.6) is 0 Å². The maximum absolute atomic E-state index is 11.1. The van der Waals surface area contributed by atoms with Gasteiger partial charge in [-0.25, -0.2) is 15.2 Å². The molecule has 9 heteroatoms. The molecule has 0 aliphatic rings. The van der Waals surface area contributed by atoms with Crippen molar-refractivity contribution in [2.45, 2.75) is 19.9 Å². The summed E-state index contributed by atoms with van der Waals surface area (Å²) in [7, 11) is 0. The zero-order chi connectivity index (χ0) is 15.4. The molecule has 1 rings (SSSR count). The minimum Gasteiger partial charge on any atom is -0.595 e. The van der Waals surface area contributed by atoms with Crippen LogP contribution in [0.1, 0.15) is 13.8 Å². The average Bonchev–Trinajstić information content (AvgIpc) is 2.34. The summed E-state index contributed by atoms with van der Waals surface area (Å²) < 4.78 is 0. The van der Waals surface area contributed by atoms with Gasteiger partial charge in [-0.1, -0.05) is 13.8 Å². The molecule has 0 spiro atoms. The van der Waals surface area contributed by atoms with Gasteiger partial charge < -0.3 is 20.8 Å². The molecule has 0 fully saturated rings. The predicted octanol–water partition coefficient (Wildman–Crippen LogP) is -0.985. The van der Waals surface area contributed by atoms with Crippen molar-refractivity contribution in [2.24, 2.45) is 5.92 Å². The molecule has 3 unspecified atom stereocenters. The molecule has 0 bridgehead atoms. The molecule has 0 heterocycles. The van der Waals surface area contributed by atoms with Gasteiger partial charge in [0.15, 0.2) is 11.4 Å². The van der Waals surface area contributed by atoms with Crippen molar-refractivity contribution in [1.82, 2.24) is 0 Å². The Hall–Kier alpha value is -1.75. The van der Waals surface area contributed by atoms with Gasteiger partial charge >= 0.3 is 5.97 Å². The van der Waals surface area contributed by atoms with Gasteiger partial charge in [0, 0.05) is 6.07 Å². The van der Waals surface area contributed by atoms with E-state index in [4.69, 9.17) is 15.5 Å². The fourth-order valence-electron chi connectivity index (χ4n) is 1.66. The molecule has 0 radical (unpaired) electrons. The zero-order valence-electron chi connectivity index (χ0n) is 11.0. The van der Waals surface area contributed by atoms with E-state index in [2.05, 4.69) is 5.32 Å². The summed E-state index contributed by atoms with van der Waals surface area (Å²) in [4.78, 5) is 11.1. The van der Waals surface area contributed by atoms with Crippen molar-refractivity contribution in [3.8, 4) is 0 Å². The highest BCUT2D eigenvalue weighted by Gasteiger charge is 2.24. The zero-order valence-corrected chi connectivity index (χ0v) is 11.0.